The molecule has 2 atom stereocenters. The van der Waals surface area contributed by atoms with Gasteiger partial charge in [-0.3, -0.25) is 0 Å². The second-order valence-corrected chi connectivity index (χ2v) is 14.0. The molecule has 2 aromatic rings. The first-order valence-electron chi connectivity index (χ1n) is 19.6. The van der Waals surface area contributed by atoms with E-state index in [1.807, 2.05) is 0 Å². The highest BCUT2D eigenvalue weighted by Gasteiger charge is 2.49. The van der Waals surface area contributed by atoms with Gasteiger partial charge in [0.2, 0.25) is 0 Å². The van der Waals surface area contributed by atoms with Crippen LogP contribution in [0.1, 0.15) is 173 Å². The highest BCUT2D eigenvalue weighted by atomic mass is 15.4. The molecule has 2 unspecified atom stereocenters. The molecular weight excluding hydrogens is 544 g/mol. The Balaban J connectivity index is 1.56. The van der Waals surface area contributed by atoms with E-state index in [1.165, 1.54) is 140 Å². The van der Waals surface area contributed by atoms with Crippen LogP contribution in [0.3, 0.4) is 0 Å². The van der Waals surface area contributed by atoms with Crippen molar-refractivity contribution in [2.24, 2.45) is 0 Å². The molecule has 0 fully saturated rings. The lowest BCUT2D eigenvalue weighted by Gasteiger charge is -2.51. The van der Waals surface area contributed by atoms with Crippen LogP contribution in [-0.4, -0.2) is 28.6 Å². The van der Waals surface area contributed by atoms with Gasteiger partial charge >= 0.3 is 0 Å². The lowest BCUT2D eigenvalue weighted by Crippen LogP contribution is -2.59. The van der Waals surface area contributed by atoms with E-state index in [0.29, 0.717) is 5.92 Å². The molecule has 3 rings (SSSR count). The van der Waals surface area contributed by atoms with Gasteiger partial charge in [-0.1, -0.05) is 197 Å². The van der Waals surface area contributed by atoms with Gasteiger partial charge in [0.05, 0.1) is 0 Å². The third-order valence-electron chi connectivity index (χ3n) is 10.4. The van der Waals surface area contributed by atoms with Crippen LogP contribution in [0.2, 0.25) is 0 Å². The average molecular weight is 615 g/mol. The lowest BCUT2D eigenvalue weighted by molar-refractivity contribution is -0.00378. The maximum absolute atomic E-state index is 2.77. The summed E-state index contributed by atoms with van der Waals surface area (Å²) in [6.45, 7) is 9.33. The predicted octanol–water partition coefficient (Wildman–Crippen LogP) is 13.0. The Morgan fingerprint density at radius 2 is 0.844 bits per heavy atom. The summed E-state index contributed by atoms with van der Waals surface area (Å²) in [6, 6.07) is 22.7. The normalized spacial score (nSPS) is 17.0. The summed E-state index contributed by atoms with van der Waals surface area (Å²) >= 11 is 0. The minimum absolute atomic E-state index is 0.0573. The quantitative estimate of drug-likeness (QED) is 0.0924. The Hall–Kier alpha value is -2.22. The van der Waals surface area contributed by atoms with Crippen LogP contribution in [0.25, 0.3) is 0 Å². The van der Waals surface area contributed by atoms with Crippen LogP contribution in [-0.2, 0) is 6.42 Å². The largest absolute Gasteiger partial charge is 0.353 e. The van der Waals surface area contributed by atoms with Crippen LogP contribution in [0.5, 0.6) is 0 Å². The molecule has 1 aliphatic rings. The Labute approximate surface area is 280 Å². The fourth-order valence-electron chi connectivity index (χ4n) is 7.80. The van der Waals surface area contributed by atoms with Crippen LogP contribution in [0.15, 0.2) is 73.1 Å². The van der Waals surface area contributed by atoms with E-state index < -0.39 is 0 Å². The first-order chi connectivity index (χ1) is 22.3. The van der Waals surface area contributed by atoms with Crippen molar-refractivity contribution in [1.82, 2.24) is 9.80 Å². The van der Waals surface area contributed by atoms with Gasteiger partial charge in [-0.2, -0.15) is 0 Å². The Kier molecular flexibility index (Phi) is 19.2. The number of rotatable bonds is 27. The highest BCUT2D eigenvalue weighted by molar-refractivity contribution is 5.30. The highest BCUT2D eigenvalue weighted by Crippen LogP contribution is 2.45. The van der Waals surface area contributed by atoms with Gasteiger partial charge in [0.15, 0.2) is 0 Å². The molecule has 2 aromatic carbocycles. The fourth-order valence-corrected chi connectivity index (χ4v) is 7.80. The van der Waals surface area contributed by atoms with Crippen molar-refractivity contribution in [2.75, 3.05) is 13.1 Å². The zero-order chi connectivity index (χ0) is 31.8. The van der Waals surface area contributed by atoms with Crippen molar-refractivity contribution in [3.63, 3.8) is 0 Å². The number of hydrogen-bond donors (Lipinski definition) is 0. The molecule has 1 aliphatic heterocycles. The molecular formula is C43H70N2. The first-order valence-corrected chi connectivity index (χ1v) is 19.6. The third-order valence-corrected chi connectivity index (χ3v) is 10.4. The molecule has 0 aliphatic carbocycles. The maximum Gasteiger partial charge on any atom is 0.123 e. The molecule has 45 heavy (non-hydrogen) atoms. The first kappa shape index (κ1) is 37.2. The zero-order valence-electron chi connectivity index (χ0n) is 29.9. The monoisotopic (exact) mass is 615 g/mol. The number of nitrogens with zero attached hydrogens (tertiary/aromatic N) is 2. The summed E-state index contributed by atoms with van der Waals surface area (Å²) in [6.07, 6.45) is 35.0. The number of hydrogen-bond acceptors (Lipinski definition) is 2. The van der Waals surface area contributed by atoms with Crippen molar-refractivity contribution in [3.8, 4) is 0 Å². The van der Waals surface area contributed by atoms with E-state index in [2.05, 4.69) is 104 Å². The SMILES string of the molecule is CCCCCCCCCCCCCCCCCN1C=CN(CCCCCCC)C1(Cc1ccccc1)C(CC)c1ccccc1. The van der Waals surface area contributed by atoms with Gasteiger partial charge < -0.3 is 9.80 Å². The molecule has 0 saturated heterocycles. The van der Waals surface area contributed by atoms with Crippen molar-refractivity contribution in [2.45, 2.75) is 174 Å². The molecule has 0 radical (unpaired) electrons. The summed E-state index contributed by atoms with van der Waals surface area (Å²) in [5.74, 6) is 0.445. The second-order valence-electron chi connectivity index (χ2n) is 14.0. The van der Waals surface area contributed by atoms with Crippen LogP contribution >= 0.6 is 0 Å². The summed E-state index contributed by atoms with van der Waals surface area (Å²) in [5, 5.41) is 0. The van der Waals surface area contributed by atoms with E-state index in [1.54, 1.807) is 0 Å². The standard InChI is InChI=1S/C43H70N2/c1-4-7-9-11-12-13-14-15-16-17-18-19-20-22-30-36-45-38-37-44(35-29-21-10-8-5-2)43(45,39-40-31-25-23-26-32-40)42(6-3)41-33-27-24-28-34-41/h23-28,31-34,37-38,42H,4-22,29-30,35-36,39H2,1-3H3. The smallest absolute Gasteiger partial charge is 0.123 e. The number of unbranched alkanes of at least 4 members (excludes halogenated alkanes) is 18. The lowest BCUT2D eigenvalue weighted by atomic mass is 9.78. The Bertz CT molecular complexity index is 985. The molecule has 2 nitrogen and oxygen atoms in total. The van der Waals surface area contributed by atoms with Crippen molar-refractivity contribution in [3.05, 3.63) is 84.2 Å². The topological polar surface area (TPSA) is 6.48 Å². The van der Waals surface area contributed by atoms with Gasteiger partial charge in [-0.05, 0) is 30.4 Å². The van der Waals surface area contributed by atoms with Crippen molar-refractivity contribution in [1.29, 1.82) is 0 Å². The van der Waals surface area contributed by atoms with Crippen molar-refractivity contribution >= 4 is 0 Å². The third kappa shape index (κ3) is 12.8. The fraction of sp³-hybridized carbons (Fsp3) is 0.674. The molecule has 1 heterocycles. The molecule has 0 aromatic heterocycles. The van der Waals surface area contributed by atoms with Crippen molar-refractivity contribution < 1.29 is 0 Å². The van der Waals surface area contributed by atoms with Crippen LogP contribution < -0.4 is 0 Å². The van der Waals surface area contributed by atoms with E-state index >= 15 is 0 Å². The van der Waals surface area contributed by atoms with E-state index in [9.17, 15) is 0 Å². The molecule has 2 heteroatoms. The van der Waals surface area contributed by atoms with E-state index in [0.717, 1.165) is 25.9 Å². The molecule has 0 bridgehead atoms. The van der Waals surface area contributed by atoms with Gasteiger partial charge in [-0.15, -0.1) is 0 Å². The summed E-state index contributed by atoms with van der Waals surface area (Å²) < 4.78 is 0. The predicted molar refractivity (Wildman–Crippen MR) is 199 cm³/mol. The number of benzene rings is 2. The van der Waals surface area contributed by atoms with Gasteiger partial charge in [0.1, 0.15) is 5.66 Å². The van der Waals surface area contributed by atoms with Gasteiger partial charge in [-0.25, -0.2) is 0 Å². The molecule has 0 saturated carbocycles. The van der Waals surface area contributed by atoms with Crippen LogP contribution in [0, 0.1) is 0 Å². The Morgan fingerprint density at radius 3 is 1.24 bits per heavy atom. The van der Waals surface area contributed by atoms with Crippen LogP contribution in [0.4, 0.5) is 0 Å². The minimum atomic E-state index is -0.0573. The molecule has 252 valence electrons. The van der Waals surface area contributed by atoms with E-state index in [-0.39, 0.29) is 5.66 Å². The average Bonchev–Trinajstić information content (AvgIpc) is 3.40. The summed E-state index contributed by atoms with van der Waals surface area (Å²) in [7, 11) is 0. The molecule has 0 spiro atoms. The summed E-state index contributed by atoms with van der Waals surface area (Å²) in [5.41, 5.74) is 2.88. The summed E-state index contributed by atoms with van der Waals surface area (Å²) in [4.78, 5) is 5.54. The Morgan fingerprint density at radius 1 is 0.467 bits per heavy atom. The van der Waals surface area contributed by atoms with Gasteiger partial charge in [0.25, 0.3) is 0 Å². The zero-order valence-corrected chi connectivity index (χ0v) is 29.9. The van der Waals surface area contributed by atoms with Gasteiger partial charge in [0, 0.05) is 37.8 Å². The second kappa shape index (κ2) is 23.2. The molecule has 0 N–H and O–H groups in total. The maximum atomic E-state index is 2.77. The molecule has 0 amide bonds. The minimum Gasteiger partial charge on any atom is -0.353 e. The van der Waals surface area contributed by atoms with E-state index in [4.69, 9.17) is 0 Å².